The summed E-state index contributed by atoms with van der Waals surface area (Å²) in [5.41, 5.74) is 3.79. The highest BCUT2D eigenvalue weighted by Crippen LogP contribution is 2.25. The molecule has 24 heavy (non-hydrogen) atoms. The Morgan fingerprint density at radius 1 is 1.33 bits per heavy atom. The molecule has 1 amide bonds. The molecule has 1 aliphatic heterocycles. The smallest absolute Gasteiger partial charge is 0.257 e. The number of halogens is 1. The Morgan fingerprint density at radius 2 is 2.08 bits per heavy atom. The monoisotopic (exact) mass is 346 g/mol. The van der Waals surface area contributed by atoms with E-state index in [1.807, 2.05) is 11.8 Å². The van der Waals surface area contributed by atoms with E-state index in [2.05, 4.69) is 46.5 Å². The molecule has 2 aromatic rings. The molecule has 3 rings (SSSR count). The maximum Gasteiger partial charge on any atom is 0.257 e. The molecule has 1 saturated heterocycles. The number of nitrogens with one attached hydrogen (secondary N) is 1. The number of hydrogen-bond acceptors (Lipinski definition) is 4. The van der Waals surface area contributed by atoms with Gasteiger partial charge in [0.05, 0.1) is 17.3 Å². The van der Waals surface area contributed by atoms with Gasteiger partial charge in [0, 0.05) is 25.8 Å². The predicted octanol–water partition coefficient (Wildman–Crippen LogP) is 2.56. The molecule has 0 saturated carbocycles. The number of nitrogens with zero attached hydrogens (tertiary/aromatic N) is 3. The van der Waals surface area contributed by atoms with Crippen LogP contribution in [0.15, 0.2) is 36.8 Å². The number of carbonyl (C=O) groups excluding carboxylic acids is 1. The Morgan fingerprint density at radius 3 is 2.75 bits per heavy atom. The van der Waals surface area contributed by atoms with Crippen LogP contribution >= 0.6 is 12.4 Å². The fraction of sp³-hybridized carbons (Fsp3) is 0.389. The van der Waals surface area contributed by atoms with Crippen LogP contribution in [0.25, 0.3) is 0 Å². The third-order valence-corrected chi connectivity index (χ3v) is 4.42. The second kappa shape index (κ2) is 8.22. The third-order valence-electron chi connectivity index (χ3n) is 4.42. The number of hydrogen-bond donors (Lipinski definition) is 1. The van der Waals surface area contributed by atoms with E-state index in [0.717, 1.165) is 30.8 Å². The summed E-state index contributed by atoms with van der Waals surface area (Å²) in [6, 6.07) is 8.59. The molecule has 0 aliphatic carbocycles. The lowest BCUT2D eigenvalue weighted by atomic mass is 10.00. The summed E-state index contributed by atoms with van der Waals surface area (Å²) in [7, 11) is 0. The van der Waals surface area contributed by atoms with Gasteiger partial charge in [-0.25, -0.2) is 9.97 Å². The van der Waals surface area contributed by atoms with Crippen molar-refractivity contribution in [2.45, 2.75) is 26.3 Å². The lowest BCUT2D eigenvalue weighted by molar-refractivity contribution is 0.0632. The number of rotatable bonds is 3. The van der Waals surface area contributed by atoms with E-state index in [-0.39, 0.29) is 24.4 Å². The van der Waals surface area contributed by atoms with E-state index < -0.39 is 0 Å². The minimum atomic E-state index is 0. The maximum absolute atomic E-state index is 12.9. The van der Waals surface area contributed by atoms with Gasteiger partial charge >= 0.3 is 0 Å². The summed E-state index contributed by atoms with van der Waals surface area (Å²) in [6.07, 6.45) is 4.11. The van der Waals surface area contributed by atoms with E-state index in [1.165, 1.54) is 11.9 Å². The normalized spacial score (nSPS) is 17.2. The fourth-order valence-electron chi connectivity index (χ4n) is 2.98. The minimum absolute atomic E-state index is 0. The molecular formula is C18H23ClN4O. The molecule has 0 bridgehead atoms. The highest BCUT2D eigenvalue weighted by Gasteiger charge is 2.29. The Labute approximate surface area is 148 Å². The van der Waals surface area contributed by atoms with Crippen LogP contribution in [0.1, 0.15) is 40.1 Å². The topological polar surface area (TPSA) is 58.1 Å². The second-order valence-electron chi connectivity index (χ2n) is 5.84. The molecule has 1 aromatic heterocycles. The van der Waals surface area contributed by atoms with Crippen LogP contribution in [0.2, 0.25) is 0 Å². The molecule has 2 heterocycles. The van der Waals surface area contributed by atoms with Crippen LogP contribution in [-0.4, -0.2) is 40.4 Å². The lowest BCUT2D eigenvalue weighted by Gasteiger charge is -2.36. The van der Waals surface area contributed by atoms with Gasteiger partial charge in [-0.1, -0.05) is 31.2 Å². The average molecular weight is 347 g/mol. The van der Waals surface area contributed by atoms with E-state index in [1.54, 1.807) is 6.20 Å². The van der Waals surface area contributed by atoms with Crippen molar-refractivity contribution in [1.82, 2.24) is 20.2 Å². The van der Waals surface area contributed by atoms with Gasteiger partial charge < -0.3 is 10.2 Å². The SMILES string of the molecule is CCc1ccc(C2CNCCN2C(=O)c2cncnc2C)cc1.Cl. The summed E-state index contributed by atoms with van der Waals surface area (Å²) in [5.74, 6) is 0.00849. The van der Waals surface area contributed by atoms with Crippen LogP contribution in [-0.2, 0) is 6.42 Å². The van der Waals surface area contributed by atoms with Crippen LogP contribution in [0.4, 0.5) is 0 Å². The van der Waals surface area contributed by atoms with Crippen molar-refractivity contribution < 1.29 is 4.79 Å². The summed E-state index contributed by atoms with van der Waals surface area (Å²) < 4.78 is 0. The number of carbonyl (C=O) groups is 1. The van der Waals surface area contributed by atoms with Crippen LogP contribution in [0, 0.1) is 6.92 Å². The van der Waals surface area contributed by atoms with Gasteiger partial charge in [0.15, 0.2) is 0 Å². The van der Waals surface area contributed by atoms with Crippen molar-refractivity contribution in [1.29, 1.82) is 0 Å². The van der Waals surface area contributed by atoms with E-state index in [9.17, 15) is 4.79 Å². The van der Waals surface area contributed by atoms with Gasteiger partial charge in [-0.15, -0.1) is 12.4 Å². The molecule has 6 heteroatoms. The van der Waals surface area contributed by atoms with Gasteiger partial charge in [0.1, 0.15) is 6.33 Å². The van der Waals surface area contributed by atoms with Gasteiger partial charge in [-0.2, -0.15) is 0 Å². The van der Waals surface area contributed by atoms with Gasteiger partial charge in [0.25, 0.3) is 5.91 Å². The molecular weight excluding hydrogens is 324 g/mol. The first-order valence-electron chi connectivity index (χ1n) is 8.08. The third kappa shape index (κ3) is 3.74. The van der Waals surface area contributed by atoms with Crippen molar-refractivity contribution in [2.75, 3.05) is 19.6 Å². The molecule has 1 atom stereocenters. The van der Waals surface area contributed by atoms with Crippen molar-refractivity contribution in [2.24, 2.45) is 0 Å². The summed E-state index contributed by atoms with van der Waals surface area (Å²) in [6.45, 7) is 6.26. The quantitative estimate of drug-likeness (QED) is 0.928. The first kappa shape index (κ1) is 18.4. The second-order valence-corrected chi connectivity index (χ2v) is 5.84. The molecule has 128 valence electrons. The van der Waals surface area contributed by atoms with Crippen molar-refractivity contribution in [3.8, 4) is 0 Å². The average Bonchev–Trinajstić information content (AvgIpc) is 2.62. The number of piperazine rings is 1. The number of benzene rings is 1. The maximum atomic E-state index is 12.9. The highest BCUT2D eigenvalue weighted by molar-refractivity contribution is 5.95. The highest BCUT2D eigenvalue weighted by atomic mass is 35.5. The molecule has 1 aromatic carbocycles. The fourth-order valence-corrected chi connectivity index (χ4v) is 2.98. The van der Waals surface area contributed by atoms with E-state index >= 15 is 0 Å². The number of aryl methyl sites for hydroxylation is 2. The summed E-state index contributed by atoms with van der Waals surface area (Å²) >= 11 is 0. The minimum Gasteiger partial charge on any atom is -0.329 e. The zero-order valence-corrected chi connectivity index (χ0v) is 14.8. The Bertz CT molecular complexity index is 690. The predicted molar refractivity (Wildman–Crippen MR) is 96.5 cm³/mol. The first-order chi connectivity index (χ1) is 11.2. The van der Waals surface area contributed by atoms with Crippen LogP contribution < -0.4 is 5.32 Å². The first-order valence-corrected chi connectivity index (χ1v) is 8.08. The molecule has 0 spiro atoms. The number of aromatic nitrogens is 2. The molecule has 1 unspecified atom stereocenters. The van der Waals surface area contributed by atoms with Crippen molar-refractivity contribution in [3.63, 3.8) is 0 Å². The standard InChI is InChI=1S/C18H22N4O.ClH/c1-3-14-4-6-15(7-5-14)17-11-19-8-9-22(17)18(23)16-10-20-12-21-13(16)2;/h4-7,10,12,17,19H,3,8-9,11H2,1-2H3;1H. The molecule has 1 aliphatic rings. The Balaban J connectivity index is 0.00000208. The van der Waals surface area contributed by atoms with Crippen molar-refractivity contribution >= 4 is 18.3 Å². The van der Waals surface area contributed by atoms with E-state index in [4.69, 9.17) is 0 Å². The van der Waals surface area contributed by atoms with Crippen molar-refractivity contribution in [3.05, 3.63) is 59.2 Å². The zero-order chi connectivity index (χ0) is 16.2. The van der Waals surface area contributed by atoms with E-state index in [0.29, 0.717) is 12.1 Å². The van der Waals surface area contributed by atoms with Crippen LogP contribution in [0.3, 0.4) is 0 Å². The number of amides is 1. The zero-order valence-electron chi connectivity index (χ0n) is 14.0. The Kier molecular flexibility index (Phi) is 6.29. The molecule has 0 radical (unpaired) electrons. The molecule has 5 nitrogen and oxygen atoms in total. The van der Waals surface area contributed by atoms with Gasteiger partial charge in [0.2, 0.25) is 0 Å². The lowest BCUT2D eigenvalue weighted by Crippen LogP contribution is -2.48. The molecule has 1 N–H and O–H groups in total. The van der Waals surface area contributed by atoms with Gasteiger partial charge in [-0.3, -0.25) is 4.79 Å². The summed E-state index contributed by atoms with van der Waals surface area (Å²) in [4.78, 5) is 23.0. The Hall–Kier alpha value is -1.98. The molecule has 1 fully saturated rings. The van der Waals surface area contributed by atoms with Gasteiger partial charge in [-0.05, 0) is 24.5 Å². The van der Waals surface area contributed by atoms with Crippen LogP contribution in [0.5, 0.6) is 0 Å². The largest absolute Gasteiger partial charge is 0.329 e. The summed E-state index contributed by atoms with van der Waals surface area (Å²) in [5, 5.41) is 3.39.